The van der Waals surface area contributed by atoms with Gasteiger partial charge >= 0.3 is 5.97 Å². The fourth-order valence-corrected chi connectivity index (χ4v) is 3.51. The molecule has 0 bridgehead atoms. The maximum atomic E-state index is 13.1. The number of halogens is 1. The fraction of sp³-hybridized carbons (Fsp3) is 0.0417. The van der Waals surface area contributed by atoms with Gasteiger partial charge in [0.15, 0.2) is 5.75 Å². The summed E-state index contributed by atoms with van der Waals surface area (Å²) in [5, 5.41) is 3.22. The van der Waals surface area contributed by atoms with Crippen molar-refractivity contribution < 1.29 is 14.3 Å². The number of hydrogen-bond acceptors (Lipinski definition) is 4. The van der Waals surface area contributed by atoms with Gasteiger partial charge in [0.25, 0.3) is 11.5 Å². The van der Waals surface area contributed by atoms with E-state index in [1.54, 1.807) is 78.9 Å². The van der Waals surface area contributed by atoms with Crippen LogP contribution in [0.2, 0.25) is 5.02 Å². The number of aromatic nitrogens is 1. The summed E-state index contributed by atoms with van der Waals surface area (Å²) in [6, 6.07) is 21.9. The summed E-state index contributed by atoms with van der Waals surface area (Å²) in [5.74, 6) is -1.58. The lowest BCUT2D eigenvalue weighted by molar-refractivity contribution is 0.0735. The summed E-state index contributed by atoms with van der Waals surface area (Å²) in [7, 11) is 1.53. The molecule has 7 heteroatoms. The highest BCUT2D eigenvalue weighted by Crippen LogP contribution is 2.34. The van der Waals surface area contributed by atoms with Gasteiger partial charge < -0.3 is 14.6 Å². The minimum absolute atomic E-state index is 0.175. The van der Waals surface area contributed by atoms with E-state index in [4.69, 9.17) is 16.3 Å². The second kappa shape index (κ2) is 8.45. The van der Waals surface area contributed by atoms with Crippen molar-refractivity contribution >= 4 is 40.1 Å². The molecule has 0 aliphatic heterocycles. The van der Waals surface area contributed by atoms with Crippen molar-refractivity contribution in [2.24, 2.45) is 7.05 Å². The van der Waals surface area contributed by atoms with Gasteiger partial charge in [-0.25, -0.2) is 4.79 Å². The molecule has 154 valence electrons. The molecule has 0 unspecified atom stereocenters. The summed E-state index contributed by atoms with van der Waals surface area (Å²) in [6.45, 7) is 0. The lowest BCUT2D eigenvalue weighted by Crippen LogP contribution is -2.30. The Balaban J connectivity index is 1.91. The largest absolute Gasteiger partial charge is 0.421 e. The molecule has 31 heavy (non-hydrogen) atoms. The second-order valence-corrected chi connectivity index (χ2v) is 7.19. The molecule has 0 spiro atoms. The molecule has 6 nitrogen and oxygen atoms in total. The third-order valence-electron chi connectivity index (χ3n) is 4.79. The zero-order valence-corrected chi connectivity index (χ0v) is 17.2. The molecule has 0 aliphatic rings. The van der Waals surface area contributed by atoms with Crippen LogP contribution in [0.3, 0.4) is 0 Å². The van der Waals surface area contributed by atoms with E-state index in [9.17, 15) is 14.4 Å². The molecular weight excluding hydrogens is 416 g/mol. The Bertz CT molecular complexity index is 1350. The van der Waals surface area contributed by atoms with E-state index < -0.39 is 17.4 Å². The van der Waals surface area contributed by atoms with Gasteiger partial charge in [-0.3, -0.25) is 9.59 Å². The normalized spacial score (nSPS) is 10.6. The molecule has 0 atom stereocenters. The molecule has 1 amide bonds. The average Bonchev–Trinajstić information content (AvgIpc) is 2.78. The number of fused-ring (bicyclic) bond motifs is 1. The molecule has 0 aliphatic carbocycles. The number of para-hydroxylation sites is 1. The van der Waals surface area contributed by atoms with Crippen molar-refractivity contribution in [3.63, 3.8) is 0 Å². The first-order valence-corrected chi connectivity index (χ1v) is 9.80. The van der Waals surface area contributed by atoms with Crippen LogP contribution in [0.15, 0.2) is 83.7 Å². The van der Waals surface area contributed by atoms with Crippen molar-refractivity contribution in [2.45, 2.75) is 0 Å². The van der Waals surface area contributed by atoms with E-state index in [0.29, 0.717) is 16.6 Å². The van der Waals surface area contributed by atoms with Crippen molar-refractivity contribution in [1.29, 1.82) is 0 Å². The smallest absolute Gasteiger partial charge is 0.343 e. The van der Waals surface area contributed by atoms with Gasteiger partial charge in [-0.2, -0.15) is 0 Å². The van der Waals surface area contributed by atoms with Crippen LogP contribution in [0, 0.1) is 0 Å². The molecule has 1 heterocycles. The lowest BCUT2D eigenvalue weighted by atomic mass is 10.1. The van der Waals surface area contributed by atoms with Crippen LogP contribution < -0.4 is 15.6 Å². The molecule has 0 fully saturated rings. The van der Waals surface area contributed by atoms with E-state index in [1.807, 2.05) is 0 Å². The van der Waals surface area contributed by atoms with E-state index in [-0.39, 0.29) is 21.9 Å². The number of benzene rings is 3. The third kappa shape index (κ3) is 3.93. The predicted molar refractivity (Wildman–Crippen MR) is 120 cm³/mol. The van der Waals surface area contributed by atoms with Crippen molar-refractivity contribution in [3.8, 4) is 5.75 Å². The highest BCUT2D eigenvalue weighted by Gasteiger charge is 2.26. The number of rotatable bonds is 4. The highest BCUT2D eigenvalue weighted by molar-refractivity contribution is 6.36. The lowest BCUT2D eigenvalue weighted by Gasteiger charge is -2.16. The molecule has 1 N–H and O–H groups in total. The van der Waals surface area contributed by atoms with Crippen LogP contribution in [-0.2, 0) is 7.05 Å². The minimum Gasteiger partial charge on any atom is -0.421 e. The van der Waals surface area contributed by atoms with E-state index in [1.165, 1.54) is 11.6 Å². The second-order valence-electron chi connectivity index (χ2n) is 6.78. The van der Waals surface area contributed by atoms with Crippen LogP contribution >= 0.6 is 11.6 Å². The molecular formula is C24H17ClN2O4. The number of nitrogens with zero attached hydrogens (tertiary/aromatic N) is 1. The summed E-state index contributed by atoms with van der Waals surface area (Å²) < 4.78 is 6.93. The molecule has 0 saturated carbocycles. The number of pyridine rings is 1. The Morgan fingerprint density at radius 1 is 0.903 bits per heavy atom. The molecule has 0 radical (unpaired) electrons. The Morgan fingerprint density at radius 2 is 1.55 bits per heavy atom. The van der Waals surface area contributed by atoms with Crippen LogP contribution in [0.4, 0.5) is 5.69 Å². The Morgan fingerprint density at radius 3 is 2.23 bits per heavy atom. The molecule has 4 aromatic rings. The SMILES string of the molecule is Cn1c(=O)c(C(=O)Nc2ccccc2)c(OC(=O)c2ccccc2)c2c(Cl)cccc21. The monoisotopic (exact) mass is 432 g/mol. The Kier molecular flexibility index (Phi) is 5.56. The highest BCUT2D eigenvalue weighted by atomic mass is 35.5. The maximum Gasteiger partial charge on any atom is 0.343 e. The zero-order chi connectivity index (χ0) is 22.0. The number of aryl methyl sites for hydroxylation is 1. The van der Waals surface area contributed by atoms with Crippen LogP contribution in [0.25, 0.3) is 10.9 Å². The third-order valence-corrected chi connectivity index (χ3v) is 5.10. The molecule has 3 aromatic carbocycles. The number of esters is 1. The van der Waals surface area contributed by atoms with Gasteiger partial charge in [0, 0.05) is 12.7 Å². The van der Waals surface area contributed by atoms with E-state index >= 15 is 0 Å². The average molecular weight is 433 g/mol. The molecule has 0 saturated heterocycles. The number of hydrogen-bond donors (Lipinski definition) is 1. The number of ether oxygens (including phenoxy) is 1. The first-order chi connectivity index (χ1) is 15.0. The summed E-state index contributed by atoms with van der Waals surface area (Å²) in [4.78, 5) is 39.0. The zero-order valence-electron chi connectivity index (χ0n) is 16.5. The Labute approximate surface area is 182 Å². The van der Waals surface area contributed by atoms with Gasteiger partial charge in [-0.05, 0) is 36.4 Å². The fourth-order valence-electron chi connectivity index (χ4n) is 3.26. The maximum absolute atomic E-state index is 13.1. The standard InChI is InChI=1S/C24H17ClN2O4/c1-27-18-14-8-13-17(25)19(18)21(31-24(30)15-9-4-2-5-10-15)20(23(27)29)22(28)26-16-11-6-3-7-12-16/h2-14H,1H3,(H,26,28). The number of carbonyl (C=O) groups is 2. The molecule has 1 aromatic heterocycles. The van der Waals surface area contributed by atoms with Crippen LogP contribution in [0.1, 0.15) is 20.7 Å². The number of carbonyl (C=O) groups excluding carboxylic acids is 2. The first-order valence-electron chi connectivity index (χ1n) is 9.42. The molecule has 4 rings (SSSR count). The van der Waals surface area contributed by atoms with Gasteiger partial charge in [0.05, 0.1) is 21.5 Å². The summed E-state index contributed by atoms with van der Waals surface area (Å²) in [6.07, 6.45) is 0. The summed E-state index contributed by atoms with van der Waals surface area (Å²) >= 11 is 6.41. The number of amides is 1. The minimum atomic E-state index is -0.705. The number of anilines is 1. The van der Waals surface area contributed by atoms with Gasteiger partial charge in [-0.1, -0.05) is 54.1 Å². The van der Waals surface area contributed by atoms with Crippen molar-refractivity contribution in [3.05, 3.63) is 105 Å². The van der Waals surface area contributed by atoms with Gasteiger partial charge in [0.1, 0.15) is 5.56 Å². The topological polar surface area (TPSA) is 77.4 Å². The quantitative estimate of drug-likeness (QED) is 0.476. The van der Waals surface area contributed by atoms with Crippen LogP contribution in [0.5, 0.6) is 5.75 Å². The summed E-state index contributed by atoms with van der Waals surface area (Å²) in [5.41, 5.74) is 0.284. The predicted octanol–water partition coefficient (Wildman–Crippen LogP) is 4.66. The van der Waals surface area contributed by atoms with Crippen molar-refractivity contribution in [1.82, 2.24) is 4.57 Å². The van der Waals surface area contributed by atoms with E-state index in [0.717, 1.165) is 0 Å². The van der Waals surface area contributed by atoms with Gasteiger partial charge in [-0.15, -0.1) is 0 Å². The van der Waals surface area contributed by atoms with E-state index in [2.05, 4.69) is 5.32 Å². The van der Waals surface area contributed by atoms with Crippen LogP contribution in [-0.4, -0.2) is 16.4 Å². The first kappa shape index (κ1) is 20.4. The Hall–Kier alpha value is -3.90. The number of nitrogens with one attached hydrogen (secondary N) is 1. The van der Waals surface area contributed by atoms with Crippen molar-refractivity contribution in [2.75, 3.05) is 5.32 Å². The van der Waals surface area contributed by atoms with Gasteiger partial charge in [0.2, 0.25) is 0 Å².